The van der Waals surface area contributed by atoms with Gasteiger partial charge in [-0.1, -0.05) is 30.3 Å². The summed E-state index contributed by atoms with van der Waals surface area (Å²) in [5.74, 6) is -1.71. The summed E-state index contributed by atoms with van der Waals surface area (Å²) in [4.78, 5) is 32.8. The van der Waals surface area contributed by atoms with Gasteiger partial charge >= 0.3 is 12.0 Å². The third-order valence-corrected chi connectivity index (χ3v) is 2.31. The molecule has 1 unspecified atom stereocenters. The van der Waals surface area contributed by atoms with Crippen molar-refractivity contribution in [1.29, 1.82) is 0 Å². The van der Waals surface area contributed by atoms with Crippen molar-refractivity contribution < 1.29 is 19.5 Å². The number of benzene rings is 1. The summed E-state index contributed by atoms with van der Waals surface area (Å²) in [6.45, 7) is -0.305. The van der Waals surface area contributed by atoms with E-state index in [9.17, 15) is 14.4 Å². The van der Waals surface area contributed by atoms with Gasteiger partial charge in [0.2, 0.25) is 5.91 Å². The second-order valence-corrected chi connectivity index (χ2v) is 3.85. The van der Waals surface area contributed by atoms with Crippen LogP contribution in [0.1, 0.15) is 18.0 Å². The van der Waals surface area contributed by atoms with Gasteiger partial charge in [-0.2, -0.15) is 0 Å². The van der Waals surface area contributed by atoms with Crippen LogP contribution >= 0.6 is 0 Å². The first-order chi connectivity index (χ1) is 8.99. The Morgan fingerprint density at radius 1 is 1.21 bits per heavy atom. The zero-order valence-corrected chi connectivity index (χ0v) is 10.1. The smallest absolute Gasteiger partial charge is 0.315 e. The Morgan fingerprint density at radius 3 is 2.37 bits per heavy atom. The minimum absolute atomic E-state index is 0.256. The van der Waals surface area contributed by atoms with Crippen molar-refractivity contribution in [2.24, 2.45) is 5.73 Å². The Bertz CT molecular complexity index is 461. The Morgan fingerprint density at radius 2 is 1.84 bits per heavy atom. The summed E-state index contributed by atoms with van der Waals surface area (Å²) in [6.07, 6.45) is -0.256. The first-order valence-electron chi connectivity index (χ1n) is 5.58. The lowest BCUT2D eigenvalue weighted by molar-refractivity contribution is -0.137. The molecule has 0 aliphatic carbocycles. The molecule has 0 saturated heterocycles. The molecule has 102 valence electrons. The van der Waals surface area contributed by atoms with Crippen LogP contribution in [0.2, 0.25) is 0 Å². The zero-order valence-electron chi connectivity index (χ0n) is 10.1. The Hall–Kier alpha value is -2.57. The van der Waals surface area contributed by atoms with Crippen LogP contribution in [-0.4, -0.2) is 29.6 Å². The molecule has 1 aromatic rings. The Balaban J connectivity index is 2.67. The number of carbonyl (C=O) groups is 3. The fourth-order valence-electron chi connectivity index (χ4n) is 1.49. The van der Waals surface area contributed by atoms with Gasteiger partial charge < -0.3 is 21.5 Å². The summed E-state index contributed by atoms with van der Waals surface area (Å²) < 4.78 is 0. The highest BCUT2D eigenvalue weighted by Gasteiger charge is 2.17. The molecule has 0 aliphatic rings. The monoisotopic (exact) mass is 265 g/mol. The van der Waals surface area contributed by atoms with Crippen molar-refractivity contribution in [3.63, 3.8) is 0 Å². The molecule has 1 atom stereocenters. The lowest BCUT2D eigenvalue weighted by Crippen LogP contribution is -2.42. The van der Waals surface area contributed by atoms with E-state index >= 15 is 0 Å². The summed E-state index contributed by atoms with van der Waals surface area (Å²) in [7, 11) is 0. The number of urea groups is 1. The van der Waals surface area contributed by atoms with E-state index in [4.69, 9.17) is 10.8 Å². The van der Waals surface area contributed by atoms with Crippen LogP contribution in [0.25, 0.3) is 0 Å². The van der Waals surface area contributed by atoms with E-state index in [0.29, 0.717) is 5.56 Å². The fourth-order valence-corrected chi connectivity index (χ4v) is 1.49. The van der Waals surface area contributed by atoms with Crippen LogP contribution in [0.15, 0.2) is 30.3 Å². The molecule has 3 amide bonds. The van der Waals surface area contributed by atoms with Gasteiger partial charge in [0.15, 0.2) is 0 Å². The van der Waals surface area contributed by atoms with E-state index in [2.05, 4.69) is 10.6 Å². The van der Waals surface area contributed by atoms with E-state index in [1.54, 1.807) is 30.3 Å². The second-order valence-electron chi connectivity index (χ2n) is 3.85. The Kier molecular flexibility index (Phi) is 5.34. The van der Waals surface area contributed by atoms with Crippen molar-refractivity contribution in [3.05, 3.63) is 35.9 Å². The number of amides is 3. The zero-order chi connectivity index (χ0) is 14.3. The molecule has 1 rings (SSSR count). The maximum Gasteiger partial charge on any atom is 0.315 e. The minimum Gasteiger partial charge on any atom is -0.481 e. The maximum atomic E-state index is 11.5. The SMILES string of the molecule is NC(=O)CNC(=O)NC(CC(=O)O)c1ccccc1. The fraction of sp³-hybridized carbons (Fsp3) is 0.250. The van der Waals surface area contributed by atoms with Gasteiger partial charge in [0.1, 0.15) is 0 Å². The molecular formula is C12H15N3O4. The van der Waals surface area contributed by atoms with Crippen LogP contribution in [-0.2, 0) is 9.59 Å². The topological polar surface area (TPSA) is 122 Å². The Labute approximate surface area is 109 Å². The predicted octanol–water partition coefficient (Wildman–Crippen LogP) is -0.0131. The van der Waals surface area contributed by atoms with Gasteiger partial charge in [0, 0.05) is 0 Å². The molecule has 7 heteroatoms. The van der Waals surface area contributed by atoms with Crippen LogP contribution in [0, 0.1) is 0 Å². The number of aliphatic carboxylic acids is 1. The van der Waals surface area contributed by atoms with Crippen LogP contribution in [0.5, 0.6) is 0 Å². The van der Waals surface area contributed by atoms with E-state index in [-0.39, 0.29) is 13.0 Å². The van der Waals surface area contributed by atoms with Gasteiger partial charge in [0.05, 0.1) is 19.0 Å². The number of hydrogen-bond acceptors (Lipinski definition) is 3. The van der Waals surface area contributed by atoms with Gasteiger partial charge in [-0.05, 0) is 5.56 Å². The number of nitrogens with one attached hydrogen (secondary N) is 2. The van der Waals surface area contributed by atoms with E-state index < -0.39 is 23.9 Å². The van der Waals surface area contributed by atoms with Crippen molar-refractivity contribution in [2.75, 3.05) is 6.54 Å². The van der Waals surface area contributed by atoms with Crippen molar-refractivity contribution in [2.45, 2.75) is 12.5 Å². The highest BCUT2D eigenvalue weighted by atomic mass is 16.4. The number of hydrogen-bond donors (Lipinski definition) is 4. The van der Waals surface area contributed by atoms with E-state index in [1.165, 1.54) is 0 Å². The molecule has 0 spiro atoms. The highest BCUT2D eigenvalue weighted by Crippen LogP contribution is 2.16. The molecule has 1 aromatic carbocycles. The van der Waals surface area contributed by atoms with E-state index in [0.717, 1.165) is 0 Å². The first-order valence-corrected chi connectivity index (χ1v) is 5.58. The summed E-state index contributed by atoms with van der Waals surface area (Å²) in [6, 6.07) is 7.37. The maximum absolute atomic E-state index is 11.5. The third kappa shape index (κ3) is 5.53. The molecule has 0 heterocycles. The van der Waals surface area contributed by atoms with Gasteiger partial charge in [-0.15, -0.1) is 0 Å². The summed E-state index contributed by atoms with van der Waals surface area (Å²) in [5, 5.41) is 13.5. The van der Waals surface area contributed by atoms with Crippen molar-refractivity contribution >= 4 is 17.9 Å². The van der Waals surface area contributed by atoms with Gasteiger partial charge in [-0.25, -0.2) is 4.79 Å². The highest BCUT2D eigenvalue weighted by molar-refractivity contribution is 5.83. The molecule has 19 heavy (non-hydrogen) atoms. The molecule has 0 saturated carbocycles. The molecule has 0 radical (unpaired) electrons. The lowest BCUT2D eigenvalue weighted by Gasteiger charge is -2.17. The standard InChI is InChI=1S/C12H15N3O4/c13-10(16)7-14-12(19)15-9(6-11(17)18)8-4-2-1-3-5-8/h1-5,9H,6-7H2,(H2,13,16)(H,17,18)(H2,14,15,19). The quantitative estimate of drug-likeness (QED) is 0.577. The molecule has 0 aromatic heterocycles. The van der Waals surface area contributed by atoms with Crippen molar-refractivity contribution in [3.8, 4) is 0 Å². The van der Waals surface area contributed by atoms with Crippen LogP contribution < -0.4 is 16.4 Å². The predicted molar refractivity (Wildman–Crippen MR) is 67.2 cm³/mol. The number of carboxylic acid groups (broad SMARTS) is 1. The number of nitrogens with two attached hydrogens (primary N) is 1. The normalized spacial score (nSPS) is 11.4. The minimum atomic E-state index is -1.04. The molecular weight excluding hydrogens is 250 g/mol. The first kappa shape index (κ1) is 14.5. The average Bonchev–Trinajstić information content (AvgIpc) is 2.36. The largest absolute Gasteiger partial charge is 0.481 e. The van der Waals surface area contributed by atoms with Gasteiger partial charge in [-0.3, -0.25) is 9.59 Å². The number of carbonyl (C=O) groups excluding carboxylic acids is 2. The number of primary amides is 1. The van der Waals surface area contributed by atoms with Gasteiger partial charge in [0.25, 0.3) is 0 Å². The van der Waals surface area contributed by atoms with Crippen LogP contribution in [0.4, 0.5) is 4.79 Å². The molecule has 7 nitrogen and oxygen atoms in total. The second kappa shape index (κ2) is 7.00. The summed E-state index contributed by atoms with van der Waals surface area (Å²) >= 11 is 0. The van der Waals surface area contributed by atoms with Crippen molar-refractivity contribution in [1.82, 2.24) is 10.6 Å². The molecule has 0 bridgehead atoms. The van der Waals surface area contributed by atoms with Crippen LogP contribution in [0.3, 0.4) is 0 Å². The molecule has 5 N–H and O–H groups in total. The number of carboxylic acids is 1. The molecule has 0 aliphatic heterocycles. The lowest BCUT2D eigenvalue weighted by atomic mass is 10.0. The average molecular weight is 265 g/mol. The molecule has 0 fully saturated rings. The number of rotatable bonds is 6. The summed E-state index contributed by atoms with van der Waals surface area (Å²) in [5.41, 5.74) is 5.55. The third-order valence-electron chi connectivity index (χ3n) is 2.31. The van der Waals surface area contributed by atoms with E-state index in [1.807, 2.05) is 0 Å².